The number of para-hydroxylation sites is 2. The van der Waals surface area contributed by atoms with Crippen LogP contribution >= 0.6 is 0 Å². The summed E-state index contributed by atoms with van der Waals surface area (Å²) >= 11 is 0. The van der Waals surface area contributed by atoms with E-state index < -0.39 is 0 Å². The van der Waals surface area contributed by atoms with Gasteiger partial charge in [-0.25, -0.2) is 0 Å². The van der Waals surface area contributed by atoms with Crippen LogP contribution in [0.5, 0.6) is 28.7 Å². The quantitative estimate of drug-likeness (QED) is 0.817. The molecule has 0 aromatic heterocycles. The molecule has 2 aromatic carbocycles. The molecule has 0 aliphatic carbocycles. The third kappa shape index (κ3) is 3.28. The monoisotopic (exact) mass is 286 g/mol. The van der Waals surface area contributed by atoms with Crippen LogP contribution in [-0.2, 0) is 6.42 Å². The first-order valence-corrected chi connectivity index (χ1v) is 6.51. The molecule has 4 nitrogen and oxygen atoms in total. The molecule has 0 bridgehead atoms. The highest BCUT2D eigenvalue weighted by Gasteiger charge is 2.14. The summed E-state index contributed by atoms with van der Waals surface area (Å²) in [4.78, 5) is 0. The Kier molecular flexibility index (Phi) is 4.72. The highest BCUT2D eigenvalue weighted by atomic mass is 16.5. The first-order chi connectivity index (χ1) is 10.2. The summed E-state index contributed by atoms with van der Waals surface area (Å²) in [5, 5.41) is 10.2. The molecule has 2 aromatic rings. The van der Waals surface area contributed by atoms with Crippen molar-refractivity contribution in [2.45, 2.75) is 6.42 Å². The lowest BCUT2D eigenvalue weighted by Gasteiger charge is -2.14. The van der Waals surface area contributed by atoms with Crippen molar-refractivity contribution in [1.82, 2.24) is 0 Å². The molecule has 0 amide bonds. The highest BCUT2D eigenvalue weighted by molar-refractivity contribution is 5.55. The second-order valence-corrected chi connectivity index (χ2v) is 4.39. The first-order valence-electron chi connectivity index (χ1n) is 6.51. The molecule has 0 atom stereocenters. The Hall–Kier alpha value is -2.62. The topological polar surface area (TPSA) is 47.9 Å². The van der Waals surface area contributed by atoms with Crippen molar-refractivity contribution < 1.29 is 19.3 Å². The van der Waals surface area contributed by atoms with Gasteiger partial charge in [-0.1, -0.05) is 18.2 Å². The molecule has 4 heteroatoms. The van der Waals surface area contributed by atoms with Crippen LogP contribution in [0.4, 0.5) is 0 Å². The fraction of sp³-hybridized carbons (Fsp3) is 0.176. The zero-order chi connectivity index (χ0) is 15.2. The fourth-order valence-corrected chi connectivity index (χ4v) is 1.98. The van der Waals surface area contributed by atoms with E-state index in [-0.39, 0.29) is 5.75 Å². The minimum Gasteiger partial charge on any atom is -0.502 e. The standard InChI is InChI=1S/C17H18O4/c1-4-7-12-10-15(20-3)17(18)16(11-12)21-14-9-6-5-8-13(14)19-2/h4-6,8-11,18H,1,7H2,2-3H3. The van der Waals surface area contributed by atoms with Gasteiger partial charge in [-0.2, -0.15) is 0 Å². The average molecular weight is 286 g/mol. The van der Waals surface area contributed by atoms with Crippen LogP contribution in [0.3, 0.4) is 0 Å². The SMILES string of the molecule is C=CCc1cc(OC)c(O)c(Oc2ccccc2OC)c1. The molecule has 0 heterocycles. The number of allylic oxidation sites excluding steroid dienone is 1. The molecule has 0 spiro atoms. The molecular weight excluding hydrogens is 268 g/mol. The molecular formula is C17H18O4. The molecule has 0 fully saturated rings. The van der Waals surface area contributed by atoms with E-state index in [9.17, 15) is 5.11 Å². The smallest absolute Gasteiger partial charge is 0.201 e. The van der Waals surface area contributed by atoms with E-state index in [1.165, 1.54) is 7.11 Å². The van der Waals surface area contributed by atoms with Crippen LogP contribution in [0.1, 0.15) is 5.56 Å². The molecule has 0 aliphatic heterocycles. The van der Waals surface area contributed by atoms with Crippen molar-refractivity contribution in [1.29, 1.82) is 0 Å². The Morgan fingerprint density at radius 1 is 1.00 bits per heavy atom. The minimum atomic E-state index is -0.0452. The predicted molar refractivity (Wildman–Crippen MR) is 81.6 cm³/mol. The second-order valence-electron chi connectivity index (χ2n) is 4.39. The number of phenols is 1. The van der Waals surface area contributed by atoms with E-state index in [1.807, 2.05) is 12.1 Å². The van der Waals surface area contributed by atoms with Crippen molar-refractivity contribution >= 4 is 0 Å². The summed E-state index contributed by atoms with van der Waals surface area (Å²) in [5.41, 5.74) is 0.935. The van der Waals surface area contributed by atoms with Crippen LogP contribution in [0.2, 0.25) is 0 Å². The summed E-state index contributed by atoms with van der Waals surface area (Å²) in [6, 6.07) is 10.8. The maximum absolute atomic E-state index is 10.2. The number of ether oxygens (including phenoxy) is 3. The fourth-order valence-electron chi connectivity index (χ4n) is 1.98. The van der Waals surface area contributed by atoms with Gasteiger partial charge in [-0.15, -0.1) is 6.58 Å². The lowest BCUT2D eigenvalue weighted by Crippen LogP contribution is -1.94. The number of hydrogen-bond acceptors (Lipinski definition) is 4. The lowest BCUT2D eigenvalue weighted by molar-refractivity contribution is 0.343. The van der Waals surface area contributed by atoms with E-state index in [1.54, 1.807) is 37.5 Å². The van der Waals surface area contributed by atoms with Gasteiger partial charge in [-0.3, -0.25) is 0 Å². The summed E-state index contributed by atoms with van der Waals surface area (Å²) in [6.45, 7) is 3.71. The first kappa shape index (κ1) is 14.8. The molecule has 0 radical (unpaired) electrons. The van der Waals surface area contributed by atoms with Gasteiger partial charge in [0.15, 0.2) is 23.0 Å². The second kappa shape index (κ2) is 6.70. The van der Waals surface area contributed by atoms with Gasteiger partial charge in [0.05, 0.1) is 14.2 Å². The van der Waals surface area contributed by atoms with Gasteiger partial charge in [0.25, 0.3) is 0 Å². The summed E-state index contributed by atoms with van der Waals surface area (Å²) in [6.07, 6.45) is 2.43. The molecule has 0 aliphatic rings. The van der Waals surface area contributed by atoms with E-state index in [0.29, 0.717) is 29.4 Å². The van der Waals surface area contributed by atoms with Crippen molar-refractivity contribution in [3.63, 3.8) is 0 Å². The van der Waals surface area contributed by atoms with Crippen LogP contribution in [0, 0.1) is 0 Å². The van der Waals surface area contributed by atoms with Gasteiger partial charge in [-0.05, 0) is 36.2 Å². The van der Waals surface area contributed by atoms with E-state index in [4.69, 9.17) is 14.2 Å². The Balaban J connectivity index is 2.42. The average Bonchev–Trinajstić information content (AvgIpc) is 2.51. The van der Waals surface area contributed by atoms with Crippen molar-refractivity contribution in [2.24, 2.45) is 0 Å². The normalized spacial score (nSPS) is 10.0. The summed E-state index contributed by atoms with van der Waals surface area (Å²) < 4.78 is 16.2. The van der Waals surface area contributed by atoms with Gasteiger partial charge in [0.2, 0.25) is 5.75 Å². The van der Waals surface area contributed by atoms with Gasteiger partial charge in [0.1, 0.15) is 0 Å². The van der Waals surface area contributed by atoms with Gasteiger partial charge >= 0.3 is 0 Å². The summed E-state index contributed by atoms with van der Waals surface area (Å²) in [7, 11) is 3.07. The Morgan fingerprint density at radius 3 is 2.24 bits per heavy atom. The molecule has 0 saturated carbocycles. The molecule has 1 N–H and O–H groups in total. The number of benzene rings is 2. The number of phenolic OH excluding ortho intramolecular Hbond substituents is 1. The van der Waals surface area contributed by atoms with Crippen LogP contribution in [-0.4, -0.2) is 19.3 Å². The van der Waals surface area contributed by atoms with E-state index >= 15 is 0 Å². The number of hydrogen-bond donors (Lipinski definition) is 1. The van der Waals surface area contributed by atoms with E-state index in [2.05, 4.69) is 6.58 Å². The third-order valence-corrected chi connectivity index (χ3v) is 2.99. The number of rotatable bonds is 6. The largest absolute Gasteiger partial charge is 0.502 e. The van der Waals surface area contributed by atoms with Crippen LogP contribution in [0.25, 0.3) is 0 Å². The maximum atomic E-state index is 10.2. The highest BCUT2D eigenvalue weighted by Crippen LogP contribution is 2.41. The van der Waals surface area contributed by atoms with E-state index in [0.717, 1.165) is 5.56 Å². The Morgan fingerprint density at radius 2 is 1.62 bits per heavy atom. The Labute approximate surface area is 124 Å². The van der Waals surface area contributed by atoms with Crippen molar-refractivity contribution in [3.05, 3.63) is 54.6 Å². The Bertz CT molecular complexity index is 635. The van der Waals surface area contributed by atoms with Gasteiger partial charge < -0.3 is 19.3 Å². The third-order valence-electron chi connectivity index (χ3n) is 2.99. The lowest BCUT2D eigenvalue weighted by atomic mass is 10.1. The number of aromatic hydroxyl groups is 1. The minimum absolute atomic E-state index is 0.0452. The molecule has 0 saturated heterocycles. The van der Waals surface area contributed by atoms with Crippen molar-refractivity contribution in [3.8, 4) is 28.7 Å². The molecule has 2 rings (SSSR count). The van der Waals surface area contributed by atoms with Crippen LogP contribution < -0.4 is 14.2 Å². The number of methoxy groups -OCH3 is 2. The zero-order valence-electron chi connectivity index (χ0n) is 12.1. The van der Waals surface area contributed by atoms with Crippen LogP contribution in [0.15, 0.2) is 49.1 Å². The molecule has 110 valence electrons. The predicted octanol–water partition coefficient (Wildman–Crippen LogP) is 3.93. The summed E-state index contributed by atoms with van der Waals surface area (Å²) in [5.74, 6) is 1.74. The molecule has 0 unspecified atom stereocenters. The maximum Gasteiger partial charge on any atom is 0.201 e. The molecule has 21 heavy (non-hydrogen) atoms. The van der Waals surface area contributed by atoms with Gasteiger partial charge in [0, 0.05) is 0 Å². The zero-order valence-corrected chi connectivity index (χ0v) is 12.1. The van der Waals surface area contributed by atoms with Crippen molar-refractivity contribution in [2.75, 3.05) is 14.2 Å².